The molecule has 0 aliphatic carbocycles. The number of hydrogen-bond donors (Lipinski definition) is 6. The molecule has 0 radical (unpaired) electrons. The highest BCUT2D eigenvalue weighted by Gasteiger charge is 2.41. The van der Waals surface area contributed by atoms with Gasteiger partial charge in [-0.05, 0) is 111 Å². The molecular weight excluding hydrogens is 937 g/mol. The second-order valence-corrected chi connectivity index (χ2v) is 17.7. The molecule has 19 heteroatoms. The molecule has 4 heterocycles. The van der Waals surface area contributed by atoms with Crippen molar-refractivity contribution in [2.24, 2.45) is 0 Å². The van der Waals surface area contributed by atoms with Gasteiger partial charge in [-0.25, -0.2) is 13.6 Å². The van der Waals surface area contributed by atoms with Crippen LogP contribution in [0.15, 0.2) is 84.9 Å². The number of hydrogen-bond acceptors (Lipinski definition) is 11. The lowest BCUT2D eigenvalue weighted by atomic mass is 9.89. The first kappa shape index (κ1) is 52.1. The number of carbonyl (C=O) groups is 4. The van der Waals surface area contributed by atoms with Gasteiger partial charge >= 0.3 is 5.97 Å². The van der Waals surface area contributed by atoms with Gasteiger partial charge < -0.3 is 55.5 Å². The second kappa shape index (κ2) is 24.9. The number of amides is 3. The lowest BCUT2D eigenvalue weighted by Crippen LogP contribution is -2.60. The predicted octanol–water partition coefficient (Wildman–Crippen LogP) is 8.49. The highest BCUT2D eigenvalue weighted by atomic mass is 35.5. The number of rotatable bonds is 12. The molecule has 4 bridgehead atoms. The third-order valence-electron chi connectivity index (χ3n) is 11.5. The van der Waals surface area contributed by atoms with Gasteiger partial charge in [0.05, 0.1) is 62.8 Å². The fourth-order valence-corrected chi connectivity index (χ4v) is 9.12. The first-order chi connectivity index (χ1) is 33.1. The molecule has 4 aliphatic heterocycles. The zero-order valence-electron chi connectivity index (χ0n) is 38.5. The third-order valence-corrected chi connectivity index (χ3v) is 12.1. The fraction of sp³-hybridized carbons (Fsp3) is 0.360. The molecule has 4 aliphatic rings. The molecule has 4 fully saturated rings. The molecule has 4 aromatic carbocycles. The summed E-state index contributed by atoms with van der Waals surface area (Å²) in [7, 11) is 2.95. The van der Waals surface area contributed by atoms with Crippen molar-refractivity contribution in [1.82, 2.24) is 10.2 Å². The number of piperidine rings is 2. The number of benzene rings is 4. The van der Waals surface area contributed by atoms with E-state index in [0.717, 1.165) is 56.3 Å². The summed E-state index contributed by atoms with van der Waals surface area (Å²) in [6, 6.07) is 20.6. The summed E-state index contributed by atoms with van der Waals surface area (Å²) in [6.45, 7) is 5.29. The molecule has 0 aromatic heterocycles. The Kier molecular flexibility index (Phi) is 18.8. The van der Waals surface area contributed by atoms with Crippen molar-refractivity contribution < 1.29 is 52.0 Å². The number of aliphatic carboxylic acids is 1. The van der Waals surface area contributed by atoms with Crippen LogP contribution in [-0.2, 0) is 28.7 Å². The van der Waals surface area contributed by atoms with E-state index in [1.807, 2.05) is 4.90 Å². The van der Waals surface area contributed by atoms with E-state index in [0.29, 0.717) is 75.4 Å². The summed E-state index contributed by atoms with van der Waals surface area (Å²) >= 11 is 12.1. The van der Waals surface area contributed by atoms with Gasteiger partial charge in [0.1, 0.15) is 23.1 Å². The Hall–Kier alpha value is -6.24. The Balaban J connectivity index is 0.000000188. The Labute approximate surface area is 409 Å². The van der Waals surface area contributed by atoms with Crippen molar-refractivity contribution in [1.29, 1.82) is 0 Å². The number of ether oxygens (including phenoxy) is 4. The highest BCUT2D eigenvalue weighted by Crippen LogP contribution is 2.35. The van der Waals surface area contributed by atoms with E-state index in [4.69, 9.17) is 47.3 Å². The van der Waals surface area contributed by atoms with E-state index in [1.54, 1.807) is 48.5 Å². The van der Waals surface area contributed by atoms with Crippen LogP contribution in [0.1, 0.15) is 50.7 Å². The third kappa shape index (κ3) is 15.4. The van der Waals surface area contributed by atoms with Crippen LogP contribution in [-0.4, -0.2) is 111 Å². The smallest absolute Gasteiger partial charge is 0.328 e. The van der Waals surface area contributed by atoms with E-state index >= 15 is 0 Å². The SMILES string of the molecule is COc1cc(/C=C/C(=O)N2[C@@H]3COC[C@H]2CC(Nc2ccc(F)cc2)C3)c(NC(C)=O)cc1Cl.COc1cc(/C=C/C(=O)O)c(NC(C)=O)cc1Cl.Fc1ccc(NC2C[C@H]3COC[C@@H](C2)N3)cc1. The fourth-order valence-electron chi connectivity index (χ4n) is 8.64. The van der Waals surface area contributed by atoms with Crippen LogP contribution in [0, 0.1) is 11.6 Å². The maximum atomic E-state index is 13.2. The van der Waals surface area contributed by atoms with Crippen molar-refractivity contribution >= 4 is 81.8 Å². The minimum absolute atomic E-state index is 0.0721. The number of morpholine rings is 2. The van der Waals surface area contributed by atoms with Crippen LogP contribution in [0.5, 0.6) is 11.5 Å². The molecular formula is C50H56Cl2F2N6O9. The molecule has 4 aromatic rings. The maximum absolute atomic E-state index is 13.2. The number of carbonyl (C=O) groups excluding carboxylic acids is 3. The van der Waals surface area contributed by atoms with E-state index < -0.39 is 5.97 Å². The van der Waals surface area contributed by atoms with Crippen LogP contribution in [0.2, 0.25) is 10.0 Å². The highest BCUT2D eigenvalue weighted by molar-refractivity contribution is 6.33. The molecule has 4 saturated heterocycles. The van der Waals surface area contributed by atoms with Crippen LogP contribution < -0.4 is 36.1 Å². The number of nitrogens with zero attached hydrogens (tertiary/aromatic N) is 1. The van der Waals surface area contributed by atoms with Crippen molar-refractivity contribution in [3.05, 3.63) is 118 Å². The summed E-state index contributed by atoms with van der Waals surface area (Å²) in [5.41, 5.74) is 3.87. The quantitative estimate of drug-likeness (QED) is 0.0745. The van der Waals surface area contributed by atoms with E-state index in [2.05, 4.69) is 26.6 Å². The van der Waals surface area contributed by atoms with Crippen LogP contribution >= 0.6 is 23.2 Å². The Morgan fingerprint density at radius 1 is 0.667 bits per heavy atom. The first-order valence-electron chi connectivity index (χ1n) is 22.2. The van der Waals surface area contributed by atoms with Crippen LogP contribution in [0.4, 0.5) is 31.5 Å². The Morgan fingerprint density at radius 3 is 1.51 bits per heavy atom. The summed E-state index contributed by atoms with van der Waals surface area (Å²) in [4.78, 5) is 48.2. The summed E-state index contributed by atoms with van der Waals surface area (Å²) in [6.07, 6.45) is 9.06. The first-order valence-corrected chi connectivity index (χ1v) is 23.0. The number of anilines is 4. The summed E-state index contributed by atoms with van der Waals surface area (Å²) in [5.74, 6) is -1.35. The summed E-state index contributed by atoms with van der Waals surface area (Å²) in [5, 5.41) is 25.1. The minimum atomic E-state index is -1.09. The number of carboxylic acids is 1. The number of nitrogens with one attached hydrogen (secondary N) is 5. The normalized spacial score (nSPS) is 21.4. The predicted molar refractivity (Wildman–Crippen MR) is 263 cm³/mol. The van der Waals surface area contributed by atoms with Crippen molar-refractivity contribution in [2.75, 3.05) is 61.9 Å². The van der Waals surface area contributed by atoms with E-state index in [1.165, 1.54) is 70.6 Å². The molecule has 368 valence electrons. The maximum Gasteiger partial charge on any atom is 0.328 e. The van der Waals surface area contributed by atoms with Gasteiger partial charge in [-0.15, -0.1) is 0 Å². The lowest BCUT2D eigenvalue weighted by Gasteiger charge is -2.48. The Bertz CT molecular complexity index is 2470. The molecule has 0 spiro atoms. The minimum Gasteiger partial charge on any atom is -0.495 e. The van der Waals surface area contributed by atoms with Gasteiger partial charge in [0.25, 0.3) is 0 Å². The molecule has 8 rings (SSSR count). The van der Waals surface area contributed by atoms with Crippen molar-refractivity contribution in [3.63, 3.8) is 0 Å². The van der Waals surface area contributed by atoms with Gasteiger partial charge in [-0.2, -0.15) is 0 Å². The average molecular weight is 994 g/mol. The van der Waals surface area contributed by atoms with Crippen molar-refractivity contribution in [3.8, 4) is 11.5 Å². The Morgan fingerprint density at radius 2 is 1.09 bits per heavy atom. The van der Waals surface area contributed by atoms with E-state index in [9.17, 15) is 28.0 Å². The zero-order valence-corrected chi connectivity index (χ0v) is 40.0. The van der Waals surface area contributed by atoms with Gasteiger partial charge in [0.2, 0.25) is 17.7 Å². The molecule has 6 N–H and O–H groups in total. The van der Waals surface area contributed by atoms with E-state index in [-0.39, 0.29) is 47.5 Å². The summed E-state index contributed by atoms with van der Waals surface area (Å²) < 4.78 is 47.5. The number of halogens is 4. The molecule has 6 atom stereocenters. The molecule has 3 amide bonds. The van der Waals surface area contributed by atoms with Crippen LogP contribution in [0.25, 0.3) is 12.2 Å². The van der Waals surface area contributed by atoms with Gasteiger partial charge in [0, 0.05) is 84.0 Å². The number of carboxylic acid groups (broad SMARTS) is 1. The molecule has 15 nitrogen and oxygen atoms in total. The van der Waals surface area contributed by atoms with Gasteiger partial charge in [0.15, 0.2) is 0 Å². The monoisotopic (exact) mass is 992 g/mol. The van der Waals surface area contributed by atoms with Gasteiger partial charge in [-0.1, -0.05) is 23.2 Å². The number of methoxy groups -OCH3 is 2. The average Bonchev–Trinajstić information content (AvgIpc) is 3.29. The molecule has 0 saturated carbocycles. The standard InChI is InChI=1S/C25H27ClFN3O4.C13H17FN2O.C12H12ClNO4/c1-15(31)28-23-12-22(26)24(33-2)9-16(23)3-8-25(32)30-20-10-19(11-21(30)14-34-13-20)29-18-6-4-17(27)5-7-18;14-9-1-3-10(4-2-9)15-11-5-12-7-17-8-13(6-11)16-12;1-7(15)14-10-6-9(13)11(18-2)5-8(10)3-4-12(16)17/h3-9,12,19-21,29H,10-11,13-14H2,1-2H3,(H,28,31);1-4,11-13,15-16H,5-8H2;3-6H,1-2H3,(H,14,15)(H,16,17)/b8-3+;;4-3+/t19?,20-,21+;11?,12-,13+;. The molecule has 2 unspecified atom stereocenters. The molecule has 69 heavy (non-hydrogen) atoms. The van der Waals surface area contributed by atoms with Crippen molar-refractivity contribution in [2.45, 2.75) is 75.8 Å². The van der Waals surface area contributed by atoms with Gasteiger partial charge in [-0.3, -0.25) is 14.4 Å². The lowest BCUT2D eigenvalue weighted by molar-refractivity contribution is -0.145. The number of fused-ring (bicyclic) bond motifs is 4. The van der Waals surface area contributed by atoms with Crippen LogP contribution in [0.3, 0.4) is 0 Å². The topological polar surface area (TPSA) is 189 Å². The second-order valence-electron chi connectivity index (χ2n) is 16.8. The largest absolute Gasteiger partial charge is 0.495 e. The zero-order chi connectivity index (χ0) is 49.6.